The van der Waals surface area contributed by atoms with Crippen LogP contribution in [0, 0.1) is 17.0 Å². The predicted molar refractivity (Wildman–Crippen MR) is 99.2 cm³/mol. The number of nitrogens with one attached hydrogen (secondary N) is 1. The number of carbonyl (C=O) groups excluding carboxylic acids is 1. The largest absolute Gasteiger partial charge is 0.496 e. The quantitative estimate of drug-likeness (QED) is 0.510. The Morgan fingerprint density at radius 1 is 1.32 bits per heavy atom. The lowest BCUT2D eigenvalue weighted by Gasteiger charge is -2.09. The first-order valence-corrected chi connectivity index (χ1v) is 8.15. The van der Waals surface area contributed by atoms with E-state index in [1.807, 2.05) is 19.1 Å². The van der Waals surface area contributed by atoms with Gasteiger partial charge in [0.25, 0.3) is 5.69 Å². The van der Waals surface area contributed by atoms with Crippen molar-refractivity contribution in [1.29, 1.82) is 0 Å². The monoisotopic (exact) mass is 384 g/mol. The summed E-state index contributed by atoms with van der Waals surface area (Å²) in [6.45, 7) is 1.41. The minimum absolute atomic E-state index is 0.0160. The van der Waals surface area contributed by atoms with E-state index in [2.05, 4.69) is 10.5 Å². The van der Waals surface area contributed by atoms with Crippen LogP contribution in [0.15, 0.2) is 51.8 Å². The molecule has 0 unspecified atom stereocenters. The number of benzene rings is 2. The Labute approximate surface area is 158 Å². The van der Waals surface area contributed by atoms with Crippen LogP contribution in [0.2, 0.25) is 0 Å². The highest BCUT2D eigenvalue weighted by atomic mass is 16.6. The van der Waals surface area contributed by atoms with Crippen LogP contribution in [0.1, 0.15) is 5.56 Å². The van der Waals surface area contributed by atoms with Gasteiger partial charge in [0.05, 0.1) is 18.1 Å². The molecule has 10 nitrogen and oxygen atoms in total. The van der Waals surface area contributed by atoms with Gasteiger partial charge in [0, 0.05) is 5.56 Å². The molecule has 0 aliphatic rings. The van der Waals surface area contributed by atoms with Gasteiger partial charge in [-0.15, -0.1) is 0 Å². The van der Waals surface area contributed by atoms with Crippen LogP contribution in [0.5, 0.6) is 5.75 Å². The molecule has 0 aliphatic heterocycles. The summed E-state index contributed by atoms with van der Waals surface area (Å²) in [5.41, 5.74) is 1.13. The van der Waals surface area contributed by atoms with Crippen molar-refractivity contribution >= 4 is 17.3 Å². The Morgan fingerprint density at radius 3 is 2.75 bits per heavy atom. The maximum absolute atomic E-state index is 12.4. The summed E-state index contributed by atoms with van der Waals surface area (Å²) >= 11 is 0. The zero-order valence-electron chi connectivity index (χ0n) is 15.0. The summed E-state index contributed by atoms with van der Waals surface area (Å²) in [4.78, 5) is 35.0. The molecular weight excluding hydrogens is 368 g/mol. The second kappa shape index (κ2) is 7.74. The molecule has 1 aromatic heterocycles. The number of aryl methyl sites for hydroxylation is 1. The van der Waals surface area contributed by atoms with Gasteiger partial charge in [-0.3, -0.25) is 19.4 Å². The Balaban J connectivity index is 1.88. The van der Waals surface area contributed by atoms with Crippen molar-refractivity contribution in [1.82, 2.24) is 9.72 Å². The molecule has 1 N–H and O–H groups in total. The summed E-state index contributed by atoms with van der Waals surface area (Å²) in [6.07, 6.45) is 0. The van der Waals surface area contributed by atoms with Gasteiger partial charge in [-0.25, -0.2) is 9.36 Å². The number of nitro groups is 1. The number of methoxy groups -OCH3 is 1. The minimum Gasteiger partial charge on any atom is -0.496 e. The van der Waals surface area contributed by atoms with Gasteiger partial charge in [-0.2, -0.15) is 0 Å². The smallest absolute Gasteiger partial charge is 0.442 e. The van der Waals surface area contributed by atoms with Gasteiger partial charge in [-0.1, -0.05) is 29.4 Å². The fraction of sp³-hybridized carbons (Fsp3) is 0.167. The van der Waals surface area contributed by atoms with Gasteiger partial charge >= 0.3 is 5.76 Å². The van der Waals surface area contributed by atoms with Gasteiger partial charge in [0.1, 0.15) is 18.0 Å². The summed E-state index contributed by atoms with van der Waals surface area (Å²) in [6, 6.07) is 11.2. The number of anilines is 1. The van der Waals surface area contributed by atoms with E-state index in [0.717, 1.165) is 10.1 Å². The first kappa shape index (κ1) is 18.8. The summed E-state index contributed by atoms with van der Waals surface area (Å²) in [5.74, 6) is -0.977. The van der Waals surface area contributed by atoms with Crippen molar-refractivity contribution < 1.29 is 19.0 Å². The highest BCUT2D eigenvalue weighted by Crippen LogP contribution is 2.29. The fourth-order valence-corrected chi connectivity index (χ4v) is 2.65. The van der Waals surface area contributed by atoms with Crippen LogP contribution in [0.4, 0.5) is 11.4 Å². The van der Waals surface area contributed by atoms with Crippen molar-refractivity contribution in [3.05, 3.63) is 68.7 Å². The van der Waals surface area contributed by atoms with Crippen LogP contribution in [0.25, 0.3) is 11.4 Å². The number of nitro benzene ring substituents is 1. The third kappa shape index (κ3) is 3.75. The molecule has 3 aromatic rings. The molecule has 0 aliphatic carbocycles. The van der Waals surface area contributed by atoms with E-state index in [0.29, 0.717) is 5.56 Å². The molecule has 1 amide bonds. The number of amides is 1. The van der Waals surface area contributed by atoms with E-state index >= 15 is 0 Å². The van der Waals surface area contributed by atoms with Crippen LogP contribution in [-0.4, -0.2) is 27.7 Å². The molecule has 1 heterocycles. The molecule has 10 heteroatoms. The lowest BCUT2D eigenvalue weighted by Crippen LogP contribution is -2.26. The number of ether oxygens (including phenoxy) is 1. The standard InChI is InChI=1S/C18H16N4O6/c1-11-5-3-4-6-13(11)17-20-28-18(24)21(17)10-16(23)19-14-8-7-12(27-2)9-15(14)22(25)26/h3-9H,10H2,1-2H3,(H,19,23). The van der Waals surface area contributed by atoms with Crippen LogP contribution in [0.3, 0.4) is 0 Å². The van der Waals surface area contributed by atoms with E-state index in [4.69, 9.17) is 9.26 Å². The average Bonchev–Trinajstić information content (AvgIpc) is 3.02. The molecule has 28 heavy (non-hydrogen) atoms. The van der Waals surface area contributed by atoms with Crippen molar-refractivity contribution in [3.8, 4) is 17.1 Å². The Kier molecular flexibility index (Phi) is 5.21. The Bertz CT molecular complexity index is 1100. The SMILES string of the molecule is COc1ccc(NC(=O)Cn2c(-c3ccccc3C)noc2=O)c([N+](=O)[O-])c1. The molecule has 0 atom stereocenters. The van der Waals surface area contributed by atoms with E-state index in [1.165, 1.54) is 25.3 Å². The number of hydrogen-bond donors (Lipinski definition) is 1. The van der Waals surface area contributed by atoms with Gasteiger partial charge in [-0.05, 0) is 24.6 Å². The number of nitrogens with zero attached hydrogens (tertiary/aromatic N) is 3. The summed E-state index contributed by atoms with van der Waals surface area (Å²) in [5, 5.41) is 17.4. The Hall–Kier alpha value is -3.95. The van der Waals surface area contributed by atoms with Crippen molar-refractivity contribution in [2.75, 3.05) is 12.4 Å². The van der Waals surface area contributed by atoms with E-state index in [9.17, 15) is 19.7 Å². The second-order valence-electron chi connectivity index (χ2n) is 5.86. The zero-order valence-corrected chi connectivity index (χ0v) is 15.0. The zero-order chi connectivity index (χ0) is 20.3. The molecule has 0 spiro atoms. The molecule has 0 bridgehead atoms. The van der Waals surface area contributed by atoms with Crippen molar-refractivity contribution in [3.63, 3.8) is 0 Å². The highest BCUT2D eigenvalue weighted by Gasteiger charge is 2.20. The van der Waals surface area contributed by atoms with E-state index in [-0.39, 0.29) is 22.9 Å². The maximum Gasteiger partial charge on any atom is 0.442 e. The molecule has 2 aromatic carbocycles. The van der Waals surface area contributed by atoms with Crippen molar-refractivity contribution in [2.24, 2.45) is 0 Å². The Morgan fingerprint density at radius 2 is 2.07 bits per heavy atom. The fourth-order valence-electron chi connectivity index (χ4n) is 2.65. The first-order chi connectivity index (χ1) is 13.4. The third-order valence-electron chi connectivity index (χ3n) is 4.05. The van der Waals surface area contributed by atoms with E-state index < -0.39 is 23.1 Å². The molecule has 144 valence electrons. The average molecular weight is 384 g/mol. The summed E-state index contributed by atoms with van der Waals surface area (Å²) < 4.78 is 10.7. The van der Waals surface area contributed by atoms with Crippen LogP contribution >= 0.6 is 0 Å². The predicted octanol–water partition coefficient (Wildman–Crippen LogP) is 2.37. The van der Waals surface area contributed by atoms with Crippen molar-refractivity contribution in [2.45, 2.75) is 13.5 Å². The van der Waals surface area contributed by atoms with Crippen LogP contribution < -0.4 is 15.8 Å². The minimum atomic E-state index is -0.808. The van der Waals surface area contributed by atoms with E-state index in [1.54, 1.807) is 12.1 Å². The van der Waals surface area contributed by atoms with Gasteiger partial charge in [0.2, 0.25) is 5.91 Å². The number of rotatable bonds is 6. The first-order valence-electron chi connectivity index (χ1n) is 8.15. The number of hydrogen-bond acceptors (Lipinski definition) is 7. The molecule has 0 saturated heterocycles. The van der Waals surface area contributed by atoms with Gasteiger partial charge in [0.15, 0.2) is 5.82 Å². The topological polar surface area (TPSA) is 130 Å². The number of carbonyl (C=O) groups is 1. The normalized spacial score (nSPS) is 10.5. The lowest BCUT2D eigenvalue weighted by molar-refractivity contribution is -0.384. The highest BCUT2D eigenvalue weighted by molar-refractivity contribution is 5.93. The number of aromatic nitrogens is 2. The molecule has 3 rings (SSSR count). The second-order valence-corrected chi connectivity index (χ2v) is 5.86. The molecule has 0 saturated carbocycles. The molecular formula is C18H16N4O6. The lowest BCUT2D eigenvalue weighted by atomic mass is 10.1. The van der Waals surface area contributed by atoms with Crippen LogP contribution in [-0.2, 0) is 11.3 Å². The third-order valence-corrected chi connectivity index (χ3v) is 4.05. The maximum atomic E-state index is 12.4. The molecule has 0 fully saturated rings. The van der Waals surface area contributed by atoms with Gasteiger partial charge < -0.3 is 10.1 Å². The summed E-state index contributed by atoms with van der Waals surface area (Å²) in [7, 11) is 1.38. The molecule has 0 radical (unpaired) electrons.